The largest absolute Gasteiger partial charge is 0.354 e. The number of hydrogen-bond acceptors (Lipinski definition) is 2. The lowest BCUT2D eigenvalue weighted by Gasteiger charge is -2.35. The molecule has 3 rings (SSSR count). The Labute approximate surface area is 153 Å². The maximum absolute atomic E-state index is 14.2. The second-order valence-electron chi connectivity index (χ2n) is 5.72. The molecule has 3 N–H and O–H groups in total. The zero-order valence-corrected chi connectivity index (χ0v) is 14.2. The van der Waals surface area contributed by atoms with Gasteiger partial charge in [-0.15, -0.1) is 0 Å². The zero-order chi connectivity index (χ0) is 18.8. The highest BCUT2D eigenvalue weighted by molar-refractivity contribution is 7.80. The molecular formula is C18H14F3N3OS. The molecule has 2 aromatic carbocycles. The monoisotopic (exact) mass is 377 g/mol. The molecule has 26 heavy (non-hydrogen) atoms. The van der Waals surface area contributed by atoms with Crippen LogP contribution in [0, 0.1) is 23.4 Å². The lowest BCUT2D eigenvalue weighted by molar-refractivity contribution is -0.119. The van der Waals surface area contributed by atoms with E-state index in [1.807, 2.05) is 0 Å². The molecule has 0 saturated carbocycles. The lowest BCUT2D eigenvalue weighted by atomic mass is 9.88. The van der Waals surface area contributed by atoms with Crippen LogP contribution in [0.1, 0.15) is 11.6 Å². The smallest absolute Gasteiger partial charge is 0.235 e. The summed E-state index contributed by atoms with van der Waals surface area (Å²) < 4.78 is 40.6. The van der Waals surface area contributed by atoms with Crippen molar-refractivity contribution in [1.29, 1.82) is 0 Å². The highest BCUT2D eigenvalue weighted by atomic mass is 32.1. The fourth-order valence-corrected chi connectivity index (χ4v) is 3.03. The number of hydrogen-bond donors (Lipinski definition) is 3. The molecule has 0 radical (unpaired) electrons. The first-order valence-corrected chi connectivity index (χ1v) is 8.04. The molecular weight excluding hydrogens is 363 g/mol. The third kappa shape index (κ3) is 3.55. The summed E-state index contributed by atoms with van der Waals surface area (Å²) in [5.74, 6) is -4.13. The Morgan fingerprint density at radius 1 is 1.08 bits per heavy atom. The fraction of sp³-hybridized carbons (Fsp3) is 0.111. The molecule has 0 aromatic heterocycles. The van der Waals surface area contributed by atoms with Gasteiger partial charge in [0.25, 0.3) is 0 Å². The Morgan fingerprint density at radius 3 is 2.50 bits per heavy atom. The molecule has 0 aliphatic carbocycles. The summed E-state index contributed by atoms with van der Waals surface area (Å²) in [6, 6.07) is 8.17. The Balaban J connectivity index is 1.92. The Bertz CT molecular complexity index is 903. The van der Waals surface area contributed by atoms with Gasteiger partial charge in [0.2, 0.25) is 5.91 Å². The molecule has 2 atom stereocenters. The Hall–Kier alpha value is -2.87. The summed E-state index contributed by atoms with van der Waals surface area (Å²) in [6.07, 6.45) is 0. The van der Waals surface area contributed by atoms with Crippen molar-refractivity contribution in [3.05, 3.63) is 77.8 Å². The van der Waals surface area contributed by atoms with Crippen molar-refractivity contribution in [2.24, 2.45) is 5.92 Å². The first-order valence-electron chi connectivity index (χ1n) is 7.63. The number of amides is 1. The average molecular weight is 377 g/mol. The summed E-state index contributed by atoms with van der Waals surface area (Å²) in [5, 5.41) is 8.31. The van der Waals surface area contributed by atoms with Crippen LogP contribution in [0.2, 0.25) is 0 Å². The van der Waals surface area contributed by atoms with Crippen LogP contribution in [-0.2, 0) is 4.79 Å². The van der Waals surface area contributed by atoms with Crippen LogP contribution in [0.4, 0.5) is 18.9 Å². The second kappa shape index (κ2) is 7.17. The van der Waals surface area contributed by atoms with Gasteiger partial charge >= 0.3 is 0 Å². The normalized spacial score (nSPS) is 19.5. The maximum Gasteiger partial charge on any atom is 0.235 e. The van der Waals surface area contributed by atoms with E-state index in [1.165, 1.54) is 24.3 Å². The van der Waals surface area contributed by atoms with Gasteiger partial charge in [-0.2, -0.15) is 0 Å². The Morgan fingerprint density at radius 2 is 1.81 bits per heavy atom. The minimum absolute atomic E-state index is 0.0714. The van der Waals surface area contributed by atoms with Gasteiger partial charge in [0.1, 0.15) is 11.7 Å². The molecule has 4 nitrogen and oxygen atoms in total. The number of benzene rings is 2. The molecule has 1 fully saturated rings. The van der Waals surface area contributed by atoms with Crippen molar-refractivity contribution in [1.82, 2.24) is 10.6 Å². The molecule has 0 spiro atoms. The molecule has 1 aliphatic heterocycles. The third-order valence-corrected chi connectivity index (χ3v) is 4.20. The van der Waals surface area contributed by atoms with Crippen molar-refractivity contribution in [3.8, 4) is 0 Å². The van der Waals surface area contributed by atoms with Crippen LogP contribution in [0.15, 0.2) is 54.7 Å². The van der Waals surface area contributed by atoms with Crippen molar-refractivity contribution in [2.75, 3.05) is 5.32 Å². The minimum Gasteiger partial charge on any atom is -0.354 e. The molecule has 0 bridgehead atoms. The number of carbonyl (C=O) groups excluding carboxylic acids is 1. The van der Waals surface area contributed by atoms with Gasteiger partial charge in [-0.1, -0.05) is 24.8 Å². The van der Waals surface area contributed by atoms with E-state index >= 15 is 0 Å². The summed E-state index contributed by atoms with van der Waals surface area (Å²) in [4.78, 5) is 12.7. The van der Waals surface area contributed by atoms with Crippen molar-refractivity contribution >= 4 is 28.9 Å². The summed E-state index contributed by atoms with van der Waals surface area (Å²) in [5.41, 5.74) is 0.576. The number of halogens is 3. The number of nitrogens with one attached hydrogen (secondary N) is 3. The fourth-order valence-electron chi connectivity index (χ4n) is 2.77. The van der Waals surface area contributed by atoms with Gasteiger partial charge in [-0.05, 0) is 30.4 Å². The van der Waals surface area contributed by atoms with E-state index in [9.17, 15) is 18.0 Å². The van der Waals surface area contributed by atoms with Crippen LogP contribution < -0.4 is 16.0 Å². The molecule has 2 aromatic rings. The van der Waals surface area contributed by atoms with Gasteiger partial charge in [0.05, 0.1) is 6.04 Å². The second-order valence-corrected chi connectivity index (χ2v) is 6.13. The highest BCUT2D eigenvalue weighted by Gasteiger charge is 2.37. The van der Waals surface area contributed by atoms with Crippen LogP contribution >= 0.6 is 12.2 Å². The number of thiocarbonyl (C=S) groups is 1. The first-order chi connectivity index (χ1) is 12.4. The SMILES string of the molecule is C=C1NC(=S)N[C@@H](c2ccccc2F)[C@@H]1C(=O)Nc1ccc(F)c(F)c1. The first kappa shape index (κ1) is 17.9. The van der Waals surface area contributed by atoms with Gasteiger partial charge in [-0.3, -0.25) is 4.79 Å². The summed E-state index contributed by atoms with van der Waals surface area (Å²) >= 11 is 5.08. The maximum atomic E-state index is 14.2. The average Bonchev–Trinajstić information content (AvgIpc) is 2.57. The molecule has 0 unspecified atom stereocenters. The van der Waals surface area contributed by atoms with Crippen molar-refractivity contribution in [2.45, 2.75) is 6.04 Å². The Kier molecular flexibility index (Phi) is 4.94. The highest BCUT2D eigenvalue weighted by Crippen LogP contribution is 2.32. The van der Waals surface area contributed by atoms with Gasteiger partial charge in [-0.25, -0.2) is 13.2 Å². The van der Waals surface area contributed by atoms with Crippen molar-refractivity contribution in [3.63, 3.8) is 0 Å². The van der Waals surface area contributed by atoms with Gasteiger partial charge < -0.3 is 16.0 Å². The number of rotatable bonds is 3. The van der Waals surface area contributed by atoms with E-state index < -0.39 is 35.3 Å². The van der Waals surface area contributed by atoms with Gasteiger partial charge in [0, 0.05) is 23.0 Å². The van der Waals surface area contributed by atoms with Crippen LogP contribution in [0.3, 0.4) is 0 Å². The summed E-state index contributed by atoms with van der Waals surface area (Å²) in [6.45, 7) is 3.79. The molecule has 134 valence electrons. The molecule has 1 aliphatic rings. The van der Waals surface area contributed by atoms with E-state index in [-0.39, 0.29) is 22.1 Å². The third-order valence-electron chi connectivity index (χ3n) is 3.98. The van der Waals surface area contributed by atoms with E-state index in [1.54, 1.807) is 6.07 Å². The van der Waals surface area contributed by atoms with Crippen LogP contribution in [-0.4, -0.2) is 11.0 Å². The quantitative estimate of drug-likeness (QED) is 0.718. The number of anilines is 1. The predicted molar refractivity (Wildman–Crippen MR) is 95.6 cm³/mol. The van der Waals surface area contributed by atoms with Gasteiger partial charge in [0.15, 0.2) is 16.7 Å². The molecule has 1 saturated heterocycles. The molecule has 8 heteroatoms. The molecule has 1 heterocycles. The lowest BCUT2D eigenvalue weighted by Crippen LogP contribution is -2.51. The van der Waals surface area contributed by atoms with Crippen LogP contribution in [0.5, 0.6) is 0 Å². The van der Waals surface area contributed by atoms with Crippen LogP contribution in [0.25, 0.3) is 0 Å². The zero-order valence-electron chi connectivity index (χ0n) is 13.4. The standard InChI is InChI=1S/C18H14F3N3OS/c1-9-15(17(25)23-10-6-7-13(20)14(21)8-10)16(24-18(26)22-9)11-4-2-3-5-12(11)19/h2-8,15-16H,1H2,(H,23,25)(H2,22,24,26)/t15-,16+/m1/s1. The van der Waals surface area contributed by atoms with E-state index in [4.69, 9.17) is 12.2 Å². The van der Waals surface area contributed by atoms with Crippen molar-refractivity contribution < 1.29 is 18.0 Å². The van der Waals surface area contributed by atoms with E-state index in [2.05, 4.69) is 22.5 Å². The topological polar surface area (TPSA) is 53.2 Å². The van der Waals surface area contributed by atoms with E-state index in [0.29, 0.717) is 0 Å². The summed E-state index contributed by atoms with van der Waals surface area (Å²) in [7, 11) is 0. The number of carbonyl (C=O) groups is 1. The van der Waals surface area contributed by atoms with E-state index in [0.717, 1.165) is 12.1 Å². The molecule has 1 amide bonds. The predicted octanol–water partition coefficient (Wildman–Crippen LogP) is 3.39. The minimum atomic E-state index is -1.09.